The van der Waals surface area contributed by atoms with E-state index in [1.165, 1.54) is 18.0 Å². The molecule has 0 spiro atoms. The van der Waals surface area contributed by atoms with Crippen molar-refractivity contribution in [1.82, 2.24) is 10.2 Å². The van der Waals surface area contributed by atoms with Crippen molar-refractivity contribution in [3.63, 3.8) is 0 Å². The second kappa shape index (κ2) is 9.93. The first kappa shape index (κ1) is 23.7. The minimum Gasteiger partial charge on any atom is -0.543 e. The summed E-state index contributed by atoms with van der Waals surface area (Å²) in [5, 5.41) is 31.2. The van der Waals surface area contributed by atoms with Crippen molar-refractivity contribution in [2.24, 2.45) is 5.92 Å². The van der Waals surface area contributed by atoms with Crippen LogP contribution in [0.5, 0.6) is 0 Å². The van der Waals surface area contributed by atoms with E-state index in [9.17, 15) is 19.5 Å². The molecule has 0 aromatic carbocycles. The van der Waals surface area contributed by atoms with Crippen LogP contribution in [0.1, 0.15) is 19.1 Å². The largest absolute Gasteiger partial charge is 1.00 e. The number of β-lactam (4-membered cyclic amide) rings is 1. The number of carbonyl (C=O) groups is 3. The third-order valence-corrected chi connectivity index (χ3v) is 6.27. The Morgan fingerprint density at radius 2 is 2.10 bits per heavy atom. The Morgan fingerprint density at radius 3 is 2.66 bits per heavy atom. The van der Waals surface area contributed by atoms with E-state index < -0.39 is 40.4 Å². The molecule has 0 saturated carbocycles. The molecule has 2 aliphatic rings. The van der Waals surface area contributed by atoms with Crippen LogP contribution in [0.2, 0.25) is 0 Å². The maximum Gasteiger partial charge on any atom is 1.00 e. The van der Waals surface area contributed by atoms with Crippen LogP contribution in [0, 0.1) is 28.6 Å². The first-order chi connectivity index (χ1) is 13.4. The van der Waals surface area contributed by atoms with Crippen LogP contribution in [0.4, 0.5) is 0 Å². The van der Waals surface area contributed by atoms with E-state index in [0.717, 1.165) is 4.90 Å². The number of nitriles is 2. The van der Waals surface area contributed by atoms with Crippen molar-refractivity contribution >= 4 is 29.5 Å². The number of hydrogen-bond donors (Lipinski definition) is 1. The van der Waals surface area contributed by atoms with Crippen molar-refractivity contribution in [2.75, 3.05) is 0 Å². The van der Waals surface area contributed by atoms with Gasteiger partial charge in [0.2, 0.25) is 5.91 Å². The van der Waals surface area contributed by atoms with E-state index in [4.69, 9.17) is 14.9 Å². The predicted molar refractivity (Wildman–Crippen MR) is 93.4 cm³/mol. The first-order valence-corrected chi connectivity index (χ1v) is 9.33. The molecule has 29 heavy (non-hydrogen) atoms. The van der Waals surface area contributed by atoms with Crippen LogP contribution in [-0.4, -0.2) is 39.3 Å². The van der Waals surface area contributed by atoms with E-state index in [1.54, 1.807) is 19.1 Å². The van der Waals surface area contributed by atoms with Gasteiger partial charge in [-0.25, -0.2) is 0 Å². The Labute approximate surface area is 213 Å². The van der Waals surface area contributed by atoms with Crippen LogP contribution in [-0.2, 0) is 20.8 Å². The van der Waals surface area contributed by atoms with Gasteiger partial charge in [0, 0.05) is 5.25 Å². The minimum atomic E-state index is -1.51. The fraction of sp³-hybridized carbons (Fsp3) is 0.389. The molecular weight excluding hydrogens is 423 g/mol. The molecule has 0 bridgehead atoms. The van der Waals surface area contributed by atoms with Crippen molar-refractivity contribution < 1.29 is 75.3 Å². The van der Waals surface area contributed by atoms with Crippen LogP contribution in [0.3, 0.4) is 0 Å². The van der Waals surface area contributed by atoms with Gasteiger partial charge in [-0.2, -0.15) is 10.5 Å². The molecule has 11 heteroatoms. The van der Waals surface area contributed by atoms with Crippen LogP contribution in [0.15, 0.2) is 34.1 Å². The standard InChI is InChI=1S/C18H16N4O5S.K/c1-9-12(5-10(7-19)8-20)28-17-14(16(24)22(17)15(9)18(25)26)21-13(23)6-11-3-2-4-27-11;/h2-4,10,12,14,17H,5-6H2,1H3,(H,21,23)(H,25,26);/q;+1/p-1/t12?,14?,17-;/m0./s1. The van der Waals surface area contributed by atoms with Crippen LogP contribution in [0.25, 0.3) is 0 Å². The summed E-state index contributed by atoms with van der Waals surface area (Å²) in [5.74, 6) is -2.96. The number of carbonyl (C=O) groups excluding carboxylic acids is 3. The molecule has 1 aromatic rings. The molecule has 3 rings (SSSR count). The van der Waals surface area contributed by atoms with Gasteiger partial charge < -0.3 is 19.6 Å². The molecule has 1 saturated heterocycles. The molecule has 1 N–H and O–H groups in total. The van der Waals surface area contributed by atoms with Gasteiger partial charge in [0.1, 0.15) is 23.1 Å². The number of nitrogens with zero attached hydrogens (tertiary/aromatic N) is 3. The zero-order chi connectivity index (χ0) is 20.4. The number of furan rings is 1. The molecule has 2 amide bonds. The smallest absolute Gasteiger partial charge is 0.543 e. The van der Waals surface area contributed by atoms with Crippen molar-refractivity contribution in [1.29, 1.82) is 10.5 Å². The number of carboxylic acids is 1. The number of amides is 2. The number of aliphatic carboxylic acids is 1. The molecule has 2 aliphatic heterocycles. The van der Waals surface area contributed by atoms with Gasteiger partial charge in [0.05, 0.1) is 36.5 Å². The van der Waals surface area contributed by atoms with Crippen molar-refractivity contribution in [3.8, 4) is 12.1 Å². The Hall–Kier alpha value is -1.60. The van der Waals surface area contributed by atoms with Crippen LogP contribution >= 0.6 is 11.8 Å². The van der Waals surface area contributed by atoms with E-state index in [1.807, 2.05) is 12.1 Å². The third kappa shape index (κ3) is 4.77. The number of hydrogen-bond acceptors (Lipinski definition) is 8. The second-order valence-electron chi connectivity index (χ2n) is 6.39. The summed E-state index contributed by atoms with van der Waals surface area (Å²) in [6.07, 6.45) is 1.50. The number of carboxylic acid groups (broad SMARTS) is 1. The summed E-state index contributed by atoms with van der Waals surface area (Å²) >= 11 is 1.25. The average Bonchev–Trinajstić information content (AvgIpc) is 3.17. The number of nitrogens with one attached hydrogen (secondary N) is 1. The molecule has 9 nitrogen and oxygen atoms in total. The van der Waals surface area contributed by atoms with Gasteiger partial charge in [-0.15, -0.1) is 11.8 Å². The zero-order valence-electron chi connectivity index (χ0n) is 15.7. The summed E-state index contributed by atoms with van der Waals surface area (Å²) in [5.41, 5.74) is 0.107. The van der Waals surface area contributed by atoms with Gasteiger partial charge in [-0.3, -0.25) is 14.5 Å². The third-order valence-electron chi connectivity index (χ3n) is 4.63. The van der Waals surface area contributed by atoms with Gasteiger partial charge in [0.15, 0.2) is 0 Å². The molecule has 1 aromatic heterocycles. The number of thioether (sulfide) groups is 1. The SMILES string of the molecule is CC1=C(C(=O)[O-])N2C(=O)C(NC(=O)Cc3ccco3)[C@@H]2SC1CC(C#N)C#N.[K+]. The topological polar surface area (TPSA) is 150 Å². The minimum absolute atomic E-state index is 0. The molecular formula is C18H15KN4O5S. The average molecular weight is 439 g/mol. The van der Waals surface area contributed by atoms with Crippen molar-refractivity contribution in [2.45, 2.75) is 36.4 Å². The zero-order valence-corrected chi connectivity index (χ0v) is 19.7. The van der Waals surface area contributed by atoms with Gasteiger partial charge in [-0.1, -0.05) is 0 Å². The van der Waals surface area contributed by atoms with E-state index in [-0.39, 0.29) is 69.9 Å². The fourth-order valence-corrected chi connectivity index (χ4v) is 4.85. The van der Waals surface area contributed by atoms with Gasteiger partial charge >= 0.3 is 51.4 Å². The van der Waals surface area contributed by atoms with Crippen molar-refractivity contribution in [3.05, 3.63) is 35.4 Å². The molecule has 0 radical (unpaired) electrons. The van der Waals surface area contributed by atoms with E-state index in [0.29, 0.717) is 11.3 Å². The maximum absolute atomic E-state index is 12.5. The molecule has 1 fully saturated rings. The van der Waals surface area contributed by atoms with E-state index in [2.05, 4.69) is 5.32 Å². The molecule has 0 aliphatic carbocycles. The molecule has 3 atom stereocenters. The summed E-state index contributed by atoms with van der Waals surface area (Å²) in [6, 6.07) is 6.09. The summed E-state index contributed by atoms with van der Waals surface area (Å²) in [6.45, 7) is 1.54. The Bertz CT molecular complexity index is 919. The normalized spacial score (nSPS) is 22.7. The molecule has 144 valence electrons. The quantitative estimate of drug-likeness (QED) is 0.358. The van der Waals surface area contributed by atoms with Gasteiger partial charge in [0.25, 0.3) is 5.91 Å². The summed E-state index contributed by atoms with van der Waals surface area (Å²) in [4.78, 5) is 37.4. The first-order valence-electron chi connectivity index (χ1n) is 8.39. The number of rotatable bonds is 6. The van der Waals surface area contributed by atoms with Crippen LogP contribution < -0.4 is 61.8 Å². The van der Waals surface area contributed by atoms with Gasteiger partial charge in [-0.05, 0) is 31.1 Å². The Morgan fingerprint density at radius 1 is 1.41 bits per heavy atom. The Balaban J connectivity index is 0.00000300. The second-order valence-corrected chi connectivity index (χ2v) is 7.71. The fourth-order valence-electron chi connectivity index (χ4n) is 3.22. The monoisotopic (exact) mass is 438 g/mol. The molecule has 3 heterocycles. The maximum atomic E-state index is 12.5. The predicted octanol–water partition coefficient (Wildman–Crippen LogP) is -3.33. The van der Waals surface area contributed by atoms with E-state index >= 15 is 0 Å². The number of fused-ring (bicyclic) bond motifs is 1. The summed E-state index contributed by atoms with van der Waals surface area (Å²) in [7, 11) is 0. The summed E-state index contributed by atoms with van der Waals surface area (Å²) < 4.78 is 5.10. The molecule has 2 unspecified atom stereocenters. The Kier molecular flexibility index (Phi) is 8.11.